The van der Waals surface area contributed by atoms with E-state index in [4.69, 9.17) is 14.5 Å². The van der Waals surface area contributed by atoms with E-state index in [1.165, 1.54) is 6.07 Å². The van der Waals surface area contributed by atoms with Gasteiger partial charge in [0.15, 0.2) is 0 Å². The molecule has 3 aromatic rings. The van der Waals surface area contributed by atoms with Crippen LogP contribution in [0.1, 0.15) is 24.1 Å². The second-order valence-electron chi connectivity index (χ2n) is 7.28. The minimum absolute atomic E-state index is 0.202. The van der Waals surface area contributed by atoms with Gasteiger partial charge in [0.05, 0.1) is 24.5 Å². The molecule has 0 amide bonds. The summed E-state index contributed by atoms with van der Waals surface area (Å²) < 4.78 is 25.0. The van der Waals surface area contributed by atoms with Gasteiger partial charge >= 0.3 is 0 Å². The topological polar surface area (TPSA) is 34.6 Å². The van der Waals surface area contributed by atoms with Crippen LogP contribution in [-0.2, 0) is 17.8 Å². The molecule has 4 rings (SSSR count). The van der Waals surface area contributed by atoms with E-state index in [9.17, 15) is 4.39 Å². The first kappa shape index (κ1) is 20.0. The predicted octanol–water partition coefficient (Wildman–Crippen LogP) is 5.14. The highest BCUT2D eigenvalue weighted by Crippen LogP contribution is 2.32. The predicted molar refractivity (Wildman–Crippen MR) is 114 cm³/mol. The lowest BCUT2D eigenvalue weighted by Gasteiger charge is -2.24. The number of hydrogen-bond acceptors (Lipinski definition) is 5. The van der Waals surface area contributed by atoms with Crippen molar-refractivity contribution < 1.29 is 13.9 Å². The zero-order chi connectivity index (χ0) is 20.1. The molecule has 1 saturated heterocycles. The summed E-state index contributed by atoms with van der Waals surface area (Å²) in [7, 11) is 1.68. The van der Waals surface area contributed by atoms with Crippen LogP contribution >= 0.6 is 11.3 Å². The first-order valence-corrected chi connectivity index (χ1v) is 10.8. The molecule has 1 atom stereocenters. The van der Waals surface area contributed by atoms with E-state index < -0.39 is 0 Å². The van der Waals surface area contributed by atoms with Crippen LogP contribution in [0.5, 0.6) is 5.75 Å². The number of methoxy groups -OCH3 is 1. The van der Waals surface area contributed by atoms with Crippen molar-refractivity contribution >= 4 is 11.3 Å². The van der Waals surface area contributed by atoms with Gasteiger partial charge in [0, 0.05) is 31.6 Å². The molecule has 0 spiro atoms. The van der Waals surface area contributed by atoms with Crippen molar-refractivity contribution in [3.8, 4) is 16.3 Å². The molecule has 6 heteroatoms. The zero-order valence-electron chi connectivity index (χ0n) is 16.5. The van der Waals surface area contributed by atoms with Gasteiger partial charge in [-0.2, -0.15) is 0 Å². The maximum absolute atomic E-state index is 13.6. The molecule has 2 aromatic carbocycles. The smallest absolute Gasteiger partial charge is 0.129 e. The summed E-state index contributed by atoms with van der Waals surface area (Å²) >= 11 is 1.62. The Kier molecular flexibility index (Phi) is 6.54. The van der Waals surface area contributed by atoms with E-state index in [1.54, 1.807) is 30.6 Å². The molecule has 2 heterocycles. The molecule has 0 aliphatic carbocycles. The fourth-order valence-corrected chi connectivity index (χ4v) is 4.55. The molecule has 0 bridgehead atoms. The number of rotatable bonds is 8. The van der Waals surface area contributed by atoms with Gasteiger partial charge in [-0.3, -0.25) is 4.90 Å². The lowest BCUT2D eigenvalue weighted by Crippen LogP contribution is -2.31. The molecule has 152 valence electrons. The van der Waals surface area contributed by atoms with Gasteiger partial charge < -0.3 is 9.47 Å². The molecule has 1 aliphatic heterocycles. The van der Waals surface area contributed by atoms with E-state index in [2.05, 4.69) is 10.3 Å². The van der Waals surface area contributed by atoms with Crippen LogP contribution in [0, 0.1) is 5.82 Å². The third-order valence-corrected chi connectivity index (χ3v) is 5.98. The average Bonchev–Trinajstić information content (AvgIpc) is 3.40. The molecule has 1 fully saturated rings. The number of thiazole rings is 1. The third kappa shape index (κ3) is 5.21. The standard InChI is InChI=1S/C23H25FN2O2S/c1-27-22-10-3-2-9-21(22)23-25-19(16-29-23)14-26(15-20-8-5-11-28-20)13-17-6-4-7-18(24)12-17/h2-4,6-7,9-10,12,16,20H,5,8,11,13-15H2,1H3. The number of ether oxygens (including phenoxy) is 2. The minimum atomic E-state index is -0.202. The summed E-state index contributed by atoms with van der Waals surface area (Å²) in [6, 6.07) is 14.7. The SMILES string of the molecule is COc1ccccc1-c1nc(CN(Cc2cccc(F)c2)CC2CCCO2)cs1. The second-order valence-corrected chi connectivity index (χ2v) is 8.14. The van der Waals surface area contributed by atoms with Gasteiger partial charge in [0.1, 0.15) is 16.6 Å². The van der Waals surface area contributed by atoms with Gasteiger partial charge in [-0.1, -0.05) is 24.3 Å². The lowest BCUT2D eigenvalue weighted by molar-refractivity contribution is 0.0675. The monoisotopic (exact) mass is 412 g/mol. The molecular formula is C23H25FN2O2S. The van der Waals surface area contributed by atoms with Crippen molar-refractivity contribution in [3.63, 3.8) is 0 Å². The number of hydrogen-bond donors (Lipinski definition) is 0. The molecular weight excluding hydrogens is 387 g/mol. The average molecular weight is 413 g/mol. The Labute approximate surface area is 174 Å². The summed E-state index contributed by atoms with van der Waals surface area (Å²) in [4.78, 5) is 7.14. The van der Waals surface area contributed by atoms with Crippen molar-refractivity contribution in [2.45, 2.75) is 32.0 Å². The van der Waals surface area contributed by atoms with Crippen LogP contribution in [-0.4, -0.2) is 36.2 Å². The van der Waals surface area contributed by atoms with Crippen molar-refractivity contribution in [3.05, 3.63) is 71.0 Å². The molecule has 0 N–H and O–H groups in total. The van der Waals surface area contributed by atoms with Crippen LogP contribution < -0.4 is 4.74 Å². The number of benzene rings is 2. The maximum atomic E-state index is 13.6. The van der Waals surface area contributed by atoms with Crippen LogP contribution in [0.25, 0.3) is 10.6 Å². The van der Waals surface area contributed by atoms with Crippen LogP contribution in [0.2, 0.25) is 0 Å². The van der Waals surface area contributed by atoms with Gasteiger partial charge in [-0.05, 0) is 42.7 Å². The Bertz CT molecular complexity index is 940. The fourth-order valence-electron chi connectivity index (χ4n) is 3.71. The molecule has 0 saturated carbocycles. The Morgan fingerprint density at radius 1 is 1.21 bits per heavy atom. The van der Waals surface area contributed by atoms with E-state index in [1.807, 2.05) is 30.3 Å². The third-order valence-electron chi connectivity index (χ3n) is 5.06. The van der Waals surface area contributed by atoms with Crippen molar-refractivity contribution in [2.24, 2.45) is 0 Å². The molecule has 1 aromatic heterocycles. The molecule has 29 heavy (non-hydrogen) atoms. The van der Waals surface area contributed by atoms with Crippen molar-refractivity contribution in [1.82, 2.24) is 9.88 Å². The van der Waals surface area contributed by atoms with Gasteiger partial charge in [-0.15, -0.1) is 11.3 Å². The van der Waals surface area contributed by atoms with Crippen LogP contribution in [0.3, 0.4) is 0 Å². The van der Waals surface area contributed by atoms with Crippen LogP contribution in [0.15, 0.2) is 53.9 Å². The van der Waals surface area contributed by atoms with Crippen molar-refractivity contribution in [2.75, 3.05) is 20.3 Å². The lowest BCUT2D eigenvalue weighted by atomic mass is 10.1. The highest BCUT2D eigenvalue weighted by atomic mass is 32.1. The number of para-hydroxylation sites is 1. The first-order chi connectivity index (χ1) is 14.2. The quantitative estimate of drug-likeness (QED) is 0.513. The molecule has 1 aliphatic rings. The summed E-state index contributed by atoms with van der Waals surface area (Å²) in [5, 5.41) is 3.04. The van der Waals surface area contributed by atoms with Crippen molar-refractivity contribution in [1.29, 1.82) is 0 Å². The molecule has 1 unspecified atom stereocenters. The summed E-state index contributed by atoms with van der Waals surface area (Å²) in [5.41, 5.74) is 2.97. The molecule has 0 radical (unpaired) electrons. The second kappa shape index (κ2) is 9.48. The van der Waals surface area contributed by atoms with Gasteiger partial charge in [-0.25, -0.2) is 9.37 Å². The Morgan fingerprint density at radius 2 is 2.10 bits per heavy atom. The Balaban J connectivity index is 1.51. The van der Waals surface area contributed by atoms with Crippen LogP contribution in [0.4, 0.5) is 4.39 Å². The first-order valence-electron chi connectivity index (χ1n) is 9.87. The maximum Gasteiger partial charge on any atom is 0.129 e. The molecule has 4 nitrogen and oxygen atoms in total. The number of aromatic nitrogens is 1. The minimum Gasteiger partial charge on any atom is -0.496 e. The van der Waals surface area contributed by atoms with Gasteiger partial charge in [0.2, 0.25) is 0 Å². The number of nitrogens with zero attached hydrogens (tertiary/aromatic N) is 2. The summed E-state index contributed by atoms with van der Waals surface area (Å²) in [5.74, 6) is 0.621. The Hall–Kier alpha value is -2.28. The summed E-state index contributed by atoms with van der Waals surface area (Å²) in [6.07, 6.45) is 2.41. The highest BCUT2D eigenvalue weighted by molar-refractivity contribution is 7.13. The van der Waals surface area contributed by atoms with E-state index in [0.717, 1.165) is 53.6 Å². The Morgan fingerprint density at radius 3 is 2.90 bits per heavy atom. The van der Waals surface area contributed by atoms with Gasteiger partial charge in [0.25, 0.3) is 0 Å². The zero-order valence-corrected chi connectivity index (χ0v) is 17.3. The largest absolute Gasteiger partial charge is 0.496 e. The van der Waals surface area contributed by atoms with E-state index >= 15 is 0 Å². The highest BCUT2D eigenvalue weighted by Gasteiger charge is 2.21. The fraction of sp³-hybridized carbons (Fsp3) is 0.348. The van der Waals surface area contributed by atoms with E-state index in [-0.39, 0.29) is 11.9 Å². The number of halogens is 1. The van der Waals surface area contributed by atoms with E-state index in [0.29, 0.717) is 13.1 Å². The summed E-state index contributed by atoms with van der Waals surface area (Å²) in [6.45, 7) is 3.01. The normalized spacial score (nSPS) is 16.4.